The summed E-state index contributed by atoms with van der Waals surface area (Å²) in [5.41, 5.74) is 23.1. The van der Waals surface area contributed by atoms with E-state index in [1.165, 1.54) is 96.4 Å². The maximum atomic E-state index is 4.09. The predicted octanol–water partition coefficient (Wildman–Crippen LogP) is 25.6. The average molecular weight is 1040 g/mol. The van der Waals surface area contributed by atoms with Crippen LogP contribution in [-0.4, -0.2) is 0 Å². The van der Waals surface area contributed by atoms with E-state index >= 15 is 0 Å². The van der Waals surface area contributed by atoms with Gasteiger partial charge in [0.25, 0.3) is 0 Å². The summed E-state index contributed by atoms with van der Waals surface area (Å²) in [5, 5.41) is 0. The fraction of sp³-hybridized carbons (Fsp3) is 0.377. The molecule has 0 heterocycles. The fourth-order valence-electron chi connectivity index (χ4n) is 7.61. The Morgan fingerprint density at radius 3 is 1.65 bits per heavy atom. The van der Waals surface area contributed by atoms with Gasteiger partial charge < -0.3 is 0 Å². The van der Waals surface area contributed by atoms with Gasteiger partial charge in [-0.15, -0.1) is 6.58 Å². The Hall–Kier alpha value is -6.24. The van der Waals surface area contributed by atoms with Crippen molar-refractivity contribution in [3.63, 3.8) is 0 Å². The Morgan fingerprint density at radius 1 is 0.649 bits per heavy atom. The first-order chi connectivity index (χ1) is 36.5. The minimum Gasteiger partial charge on any atom is -0.103 e. The van der Waals surface area contributed by atoms with Crippen molar-refractivity contribution < 1.29 is 0 Å². The molecular formula is C77H116. The molecule has 0 N–H and O–H groups in total. The molecule has 0 spiro atoms. The van der Waals surface area contributed by atoms with Crippen molar-refractivity contribution in [3.8, 4) is 0 Å². The number of aryl methyl sites for hydroxylation is 3. The molecule has 0 amide bonds. The van der Waals surface area contributed by atoms with E-state index in [1.807, 2.05) is 97.1 Å². The molecule has 77 heavy (non-hydrogen) atoms. The van der Waals surface area contributed by atoms with Gasteiger partial charge in [0, 0.05) is 5.41 Å². The van der Waals surface area contributed by atoms with Gasteiger partial charge in [-0.1, -0.05) is 289 Å². The molecule has 2 aromatic rings. The van der Waals surface area contributed by atoms with Crippen LogP contribution in [0.4, 0.5) is 0 Å². The zero-order valence-electron chi connectivity index (χ0n) is 54.3. The van der Waals surface area contributed by atoms with Crippen LogP contribution < -0.4 is 0 Å². The Balaban J connectivity index is -0.000000285. The molecule has 2 aromatic carbocycles. The first kappa shape index (κ1) is 79.6. The monoisotopic (exact) mass is 1040 g/mol. The second-order valence-corrected chi connectivity index (χ2v) is 18.9. The summed E-state index contributed by atoms with van der Waals surface area (Å²) in [6.45, 7) is 75.5. The molecule has 0 fully saturated rings. The van der Waals surface area contributed by atoms with Gasteiger partial charge in [0.1, 0.15) is 0 Å². The van der Waals surface area contributed by atoms with E-state index in [0.717, 1.165) is 36.0 Å². The van der Waals surface area contributed by atoms with Crippen LogP contribution in [0.5, 0.6) is 0 Å². The van der Waals surface area contributed by atoms with Gasteiger partial charge in [-0.25, -0.2) is 0 Å². The van der Waals surface area contributed by atoms with E-state index in [2.05, 4.69) is 236 Å². The smallest absolute Gasteiger partial charge is 0.0159 e. The molecule has 1 aliphatic carbocycles. The molecule has 3 rings (SSSR count). The maximum absolute atomic E-state index is 4.09. The second-order valence-electron chi connectivity index (χ2n) is 18.9. The van der Waals surface area contributed by atoms with Crippen molar-refractivity contribution in [2.24, 2.45) is 0 Å². The lowest BCUT2D eigenvalue weighted by atomic mass is 9.80. The van der Waals surface area contributed by atoms with E-state index in [1.54, 1.807) is 12.2 Å². The molecule has 424 valence electrons. The predicted molar refractivity (Wildman–Crippen MR) is 364 cm³/mol. The van der Waals surface area contributed by atoms with Crippen molar-refractivity contribution in [1.29, 1.82) is 0 Å². The highest BCUT2D eigenvalue weighted by atomic mass is 14.4. The summed E-state index contributed by atoms with van der Waals surface area (Å²) < 4.78 is 0. The summed E-state index contributed by atoms with van der Waals surface area (Å²) in [4.78, 5) is 0. The molecule has 0 saturated carbocycles. The van der Waals surface area contributed by atoms with Crippen LogP contribution in [0.1, 0.15) is 204 Å². The Labute approximate surface area is 480 Å². The highest BCUT2D eigenvalue weighted by Gasteiger charge is 2.39. The molecule has 0 atom stereocenters. The van der Waals surface area contributed by atoms with Crippen LogP contribution in [0.15, 0.2) is 241 Å². The third-order valence-electron chi connectivity index (χ3n) is 11.9. The Bertz CT molecular complexity index is 2440. The second kappa shape index (κ2) is 49.3. The maximum Gasteiger partial charge on any atom is 0.0159 e. The van der Waals surface area contributed by atoms with Crippen molar-refractivity contribution >= 4 is 11.1 Å². The molecule has 0 saturated heterocycles. The summed E-state index contributed by atoms with van der Waals surface area (Å²) in [6.07, 6.45) is 40.0. The van der Waals surface area contributed by atoms with E-state index < -0.39 is 0 Å². The lowest BCUT2D eigenvalue weighted by molar-refractivity contribution is 0.659. The summed E-state index contributed by atoms with van der Waals surface area (Å²) >= 11 is 0. The summed E-state index contributed by atoms with van der Waals surface area (Å²) in [6, 6.07) is 13.2. The van der Waals surface area contributed by atoms with Gasteiger partial charge in [-0.2, -0.15) is 0 Å². The van der Waals surface area contributed by atoms with E-state index in [4.69, 9.17) is 0 Å². The van der Waals surface area contributed by atoms with E-state index in [0.29, 0.717) is 0 Å². The Morgan fingerprint density at radius 2 is 1.23 bits per heavy atom. The number of benzene rings is 2. The standard InChI is InChI=1S/C22H26.C18H28.C15H18.C8H14.C7H10.C3H8.2C2H6/c1-8-10-17(9-2)21-18-12-11-16(5)14-19(18)22(6,7)20(21)13-15(3)4;1-8-12-17(14(5)10-3)16(7)18(13-9-2)15(6)11-4;1-5-6-7-8-13(3)15-10-9-12(2)14(4)11-15;1-4-6-8(3)7-5-2;1-4-6-7(3)5-2;1-3-2;2*1-2/h8-9,11-14H,1-3,10H2,4-7H3;8,10-12H,3,9,13H2,1-2,4-7H3;5-11H,3H2,1-2,4H3;4,6-7H,5H2,1-3H3;4-6H,1-2H2,3H3;3H2,1-2H3;2*1-2H3/b20-13+,21-17-;12-8-,15-11-,17-14+,18-16+;6-5-,8-7-;6-4-,8-7-;7-6-;;;. The van der Waals surface area contributed by atoms with Crippen LogP contribution in [0, 0.1) is 20.8 Å². The largest absolute Gasteiger partial charge is 0.103 e. The molecule has 0 aromatic heterocycles. The third-order valence-corrected chi connectivity index (χ3v) is 11.9. The molecule has 0 aliphatic heterocycles. The molecular weight excluding hydrogens is 925 g/mol. The molecule has 0 radical (unpaired) electrons. The number of allylic oxidation sites excluding steroid dienone is 29. The van der Waals surface area contributed by atoms with Crippen LogP contribution in [0.3, 0.4) is 0 Å². The lowest BCUT2D eigenvalue weighted by Crippen LogP contribution is -2.15. The number of fused-ring (bicyclic) bond motifs is 1. The topological polar surface area (TPSA) is 0 Å². The minimum atomic E-state index is -0.0228. The first-order valence-corrected chi connectivity index (χ1v) is 28.6. The van der Waals surface area contributed by atoms with Gasteiger partial charge in [-0.05, 0) is 182 Å². The first-order valence-electron chi connectivity index (χ1n) is 28.6. The molecule has 0 bridgehead atoms. The average Bonchev–Trinajstić information content (AvgIpc) is 3.62. The number of hydrogen-bond donors (Lipinski definition) is 0. The fourth-order valence-corrected chi connectivity index (χ4v) is 7.61. The third kappa shape index (κ3) is 32.8. The minimum absolute atomic E-state index is 0.0228. The normalized spacial score (nSPS) is 14.2. The van der Waals surface area contributed by atoms with Gasteiger partial charge in [0.2, 0.25) is 0 Å². The highest BCUT2D eigenvalue weighted by Crippen LogP contribution is 2.52. The van der Waals surface area contributed by atoms with E-state index in [-0.39, 0.29) is 5.41 Å². The van der Waals surface area contributed by atoms with Gasteiger partial charge in [0.05, 0.1) is 0 Å². The zero-order chi connectivity index (χ0) is 60.7. The van der Waals surface area contributed by atoms with Gasteiger partial charge >= 0.3 is 0 Å². The SMILES string of the molecule is C/C=C\C(C)=C/CC.C=C(/C=C\C=C/C)c1ccc(C)c(C)c1.C=C/C(C)=C(\C=C/C)C(/C)=C(CCC)/C(C)=C\C.C=C/C=C(/C)C=C.C=CC/C(C=C)=C1\C(=C/C(=C)C)C(C)(C)c2cc(C)ccc21.CC.CC.CCC. The van der Waals surface area contributed by atoms with Crippen LogP contribution >= 0.6 is 0 Å². The van der Waals surface area contributed by atoms with Crippen LogP contribution in [0.25, 0.3) is 11.1 Å². The highest BCUT2D eigenvalue weighted by molar-refractivity contribution is 5.93. The van der Waals surface area contributed by atoms with Gasteiger partial charge in [-0.3, -0.25) is 0 Å². The van der Waals surface area contributed by atoms with Crippen LogP contribution in [-0.2, 0) is 5.41 Å². The zero-order valence-corrected chi connectivity index (χ0v) is 54.3. The van der Waals surface area contributed by atoms with Crippen LogP contribution in [0.2, 0.25) is 0 Å². The van der Waals surface area contributed by atoms with Crippen molar-refractivity contribution in [2.45, 2.75) is 197 Å². The number of rotatable bonds is 17. The number of hydrogen-bond acceptors (Lipinski definition) is 0. The molecule has 1 aliphatic rings. The molecule has 0 unspecified atom stereocenters. The van der Waals surface area contributed by atoms with E-state index in [9.17, 15) is 0 Å². The van der Waals surface area contributed by atoms with Crippen molar-refractivity contribution in [1.82, 2.24) is 0 Å². The van der Waals surface area contributed by atoms with Crippen molar-refractivity contribution in [2.75, 3.05) is 0 Å². The lowest BCUT2D eigenvalue weighted by Gasteiger charge is -2.23. The molecule has 0 heteroatoms. The summed E-state index contributed by atoms with van der Waals surface area (Å²) in [7, 11) is 0. The quantitative estimate of drug-likeness (QED) is 0.109. The summed E-state index contributed by atoms with van der Waals surface area (Å²) in [5.74, 6) is 0. The van der Waals surface area contributed by atoms with Crippen molar-refractivity contribution in [3.05, 3.63) is 275 Å². The Kier molecular flexibility index (Phi) is 51.0. The van der Waals surface area contributed by atoms with Gasteiger partial charge in [0.15, 0.2) is 0 Å². The molecule has 0 nitrogen and oxygen atoms in total.